The average molecular weight is 801 g/mol. The number of rotatable bonds is 9. The molecule has 0 bridgehead atoms. The first-order chi connectivity index (χ1) is 27.9. The van der Waals surface area contributed by atoms with Crippen molar-refractivity contribution in [1.29, 1.82) is 0 Å². The zero-order valence-electron chi connectivity index (χ0n) is 31.7. The van der Waals surface area contributed by atoms with Crippen molar-refractivity contribution < 1.29 is 36.5 Å². The Morgan fingerprint density at radius 3 is 2.57 bits per heavy atom. The Hall–Kier alpha value is -5.40. The Balaban J connectivity index is 1.01. The van der Waals surface area contributed by atoms with Crippen LogP contribution < -0.4 is 19.7 Å². The van der Waals surface area contributed by atoms with Crippen LogP contribution in [0.1, 0.15) is 62.5 Å². The quantitative estimate of drug-likeness (QED) is 0.121. The number of alkyl halides is 3. The van der Waals surface area contributed by atoms with Crippen LogP contribution in [0.3, 0.4) is 0 Å². The van der Waals surface area contributed by atoms with Crippen LogP contribution in [0.25, 0.3) is 32.9 Å². The third-order valence-corrected chi connectivity index (χ3v) is 12.0. The lowest BCUT2D eigenvalue weighted by molar-refractivity contribution is -0.145. The van der Waals surface area contributed by atoms with Gasteiger partial charge in [0.2, 0.25) is 11.7 Å². The molecule has 11 nitrogen and oxygen atoms in total. The molecule has 302 valence electrons. The van der Waals surface area contributed by atoms with Gasteiger partial charge < -0.3 is 29.7 Å². The molecule has 2 aromatic carbocycles. The SMILES string of the molecule is C#Cc1c(F)ccc2cc(O)cc(-c3nc4c5c(nc(OCC6(CN7CCC(Oc8ccnc(C(F)(F)F)n8)CC7)CC6)nc5c3F)N3CCN[C@@H](CC)[C@H]3CC4)c12. The number of terminal acetylenes is 1. The molecule has 1 aliphatic carbocycles. The molecule has 9 rings (SSSR count). The summed E-state index contributed by atoms with van der Waals surface area (Å²) in [6.45, 7) is 5.88. The zero-order valence-corrected chi connectivity index (χ0v) is 31.7. The third kappa shape index (κ3) is 7.08. The Bertz CT molecular complexity index is 2450. The van der Waals surface area contributed by atoms with Crippen LogP contribution >= 0.6 is 0 Å². The fraction of sp³-hybridized carbons (Fsp3) is 0.452. The summed E-state index contributed by atoms with van der Waals surface area (Å²) in [4.78, 5) is 25.9. The highest BCUT2D eigenvalue weighted by Gasteiger charge is 2.46. The number of likely N-dealkylation sites (tertiary alicyclic amines) is 1. The first-order valence-corrected chi connectivity index (χ1v) is 19.7. The summed E-state index contributed by atoms with van der Waals surface area (Å²) in [6, 6.07) is 7.11. The number of benzene rings is 2. The number of anilines is 1. The predicted octanol–water partition coefficient (Wildman–Crippen LogP) is 6.82. The topological polar surface area (TPSA) is 122 Å². The van der Waals surface area contributed by atoms with Crippen LogP contribution in [-0.4, -0.2) is 92.4 Å². The average Bonchev–Trinajstić information content (AvgIpc) is 4.01. The van der Waals surface area contributed by atoms with Crippen molar-refractivity contribution in [3.8, 4) is 41.2 Å². The molecule has 2 N–H and O–H groups in total. The largest absolute Gasteiger partial charge is 0.508 e. The van der Waals surface area contributed by atoms with Crippen LogP contribution in [0.5, 0.6) is 17.6 Å². The van der Waals surface area contributed by atoms with E-state index in [1.54, 1.807) is 0 Å². The summed E-state index contributed by atoms with van der Waals surface area (Å²) in [7, 11) is 0. The summed E-state index contributed by atoms with van der Waals surface area (Å²) in [5, 5.41) is 15.6. The van der Waals surface area contributed by atoms with E-state index in [4.69, 9.17) is 30.8 Å². The summed E-state index contributed by atoms with van der Waals surface area (Å²) in [5.41, 5.74) is 0.447. The van der Waals surface area contributed by atoms with Crippen LogP contribution in [0.4, 0.5) is 27.8 Å². The second kappa shape index (κ2) is 14.8. The second-order valence-corrected chi connectivity index (χ2v) is 15.8. The summed E-state index contributed by atoms with van der Waals surface area (Å²) < 4.78 is 83.9. The van der Waals surface area contributed by atoms with Gasteiger partial charge in [-0.25, -0.2) is 18.7 Å². The smallest absolute Gasteiger partial charge is 0.451 e. The molecule has 0 amide bonds. The third-order valence-electron chi connectivity index (χ3n) is 12.0. The lowest BCUT2D eigenvalue weighted by Crippen LogP contribution is -2.58. The van der Waals surface area contributed by atoms with E-state index >= 15 is 8.78 Å². The van der Waals surface area contributed by atoms with Gasteiger partial charge in [-0.3, -0.25) is 0 Å². The van der Waals surface area contributed by atoms with E-state index in [-0.39, 0.29) is 69.0 Å². The van der Waals surface area contributed by atoms with E-state index in [1.807, 2.05) is 0 Å². The van der Waals surface area contributed by atoms with Crippen LogP contribution in [0.2, 0.25) is 0 Å². The van der Waals surface area contributed by atoms with Crippen molar-refractivity contribution in [1.82, 2.24) is 35.1 Å². The van der Waals surface area contributed by atoms with Crippen molar-refractivity contribution in [2.75, 3.05) is 44.2 Å². The molecular formula is C42H41F5N8O3. The van der Waals surface area contributed by atoms with Gasteiger partial charge >= 0.3 is 12.2 Å². The maximum atomic E-state index is 17.2. The highest BCUT2D eigenvalue weighted by atomic mass is 19.4. The van der Waals surface area contributed by atoms with E-state index in [0.29, 0.717) is 74.3 Å². The zero-order chi connectivity index (χ0) is 40.3. The number of nitrogens with one attached hydrogen (secondary N) is 1. The minimum absolute atomic E-state index is 0.0281. The number of aryl methyl sites for hydroxylation is 1. The molecular weight excluding hydrogens is 760 g/mol. The van der Waals surface area contributed by atoms with Crippen molar-refractivity contribution in [2.45, 2.75) is 76.2 Å². The van der Waals surface area contributed by atoms with E-state index in [9.17, 15) is 18.3 Å². The molecule has 58 heavy (non-hydrogen) atoms. The number of fused-ring (bicyclic) bond motifs is 3. The number of aromatic nitrogens is 5. The molecule has 4 aliphatic rings. The molecule has 3 aliphatic heterocycles. The van der Waals surface area contributed by atoms with Crippen molar-refractivity contribution >= 4 is 27.5 Å². The molecule has 0 radical (unpaired) electrons. The van der Waals surface area contributed by atoms with Gasteiger partial charge in [0.05, 0.1) is 23.3 Å². The number of pyridine rings is 1. The number of aromatic hydroxyl groups is 1. The monoisotopic (exact) mass is 800 g/mol. The van der Waals surface area contributed by atoms with Crippen molar-refractivity contribution in [3.63, 3.8) is 0 Å². The number of piperazine rings is 1. The number of halogens is 5. The standard InChI is InChI=1S/C42H41F5N8O3/c1-3-26-28(43)6-5-23-19-24(56)20-27(33(23)26)36-35(44)37-34-30(50-36)7-8-31-29(4-2)48-15-18-55(31)38(34)53-40(52-37)57-22-41(12-13-41)21-54-16-10-25(11-17-54)58-32-9-14-49-39(51-32)42(45,46)47/h1,5-6,9,14,19-20,25,29,31,48,56H,4,7-8,10-13,15-18,21-22H2,2H3/t29-,31+/m0/s1. The Labute approximate surface area is 331 Å². The van der Waals surface area contributed by atoms with Gasteiger partial charge in [-0.1, -0.05) is 18.9 Å². The molecule has 5 aromatic rings. The molecule has 2 atom stereocenters. The minimum Gasteiger partial charge on any atom is -0.508 e. The second-order valence-electron chi connectivity index (χ2n) is 15.8. The normalized spacial score (nSPS) is 20.7. The van der Waals surface area contributed by atoms with Crippen LogP contribution in [0, 0.1) is 29.4 Å². The van der Waals surface area contributed by atoms with Gasteiger partial charge in [-0.05, 0) is 68.5 Å². The van der Waals surface area contributed by atoms with Crippen LogP contribution in [-0.2, 0) is 12.6 Å². The highest BCUT2D eigenvalue weighted by molar-refractivity contribution is 6.03. The lowest BCUT2D eigenvalue weighted by atomic mass is 9.95. The van der Waals surface area contributed by atoms with E-state index in [0.717, 1.165) is 38.4 Å². The molecule has 3 aromatic heterocycles. The van der Waals surface area contributed by atoms with Crippen molar-refractivity contribution in [3.05, 3.63) is 65.2 Å². The van der Waals surface area contributed by atoms with E-state index in [1.165, 1.54) is 30.3 Å². The molecule has 3 fully saturated rings. The van der Waals surface area contributed by atoms with Gasteiger partial charge in [-0.2, -0.15) is 28.1 Å². The van der Waals surface area contributed by atoms with Crippen molar-refractivity contribution in [2.24, 2.45) is 5.41 Å². The summed E-state index contributed by atoms with van der Waals surface area (Å²) >= 11 is 0. The number of hydrogen-bond donors (Lipinski definition) is 2. The number of phenols is 1. The Morgan fingerprint density at radius 1 is 1.02 bits per heavy atom. The van der Waals surface area contributed by atoms with Gasteiger partial charge in [0.25, 0.3) is 0 Å². The highest BCUT2D eigenvalue weighted by Crippen LogP contribution is 2.48. The molecule has 6 heterocycles. The van der Waals surface area contributed by atoms with Gasteiger partial charge in [0.15, 0.2) is 5.82 Å². The molecule has 1 saturated carbocycles. The number of ether oxygens (including phenoxy) is 2. The number of nitrogens with zero attached hydrogens (tertiary/aromatic N) is 7. The fourth-order valence-electron chi connectivity index (χ4n) is 8.92. The summed E-state index contributed by atoms with van der Waals surface area (Å²) in [6.07, 6.45) is 7.05. The molecule has 0 spiro atoms. The lowest BCUT2D eigenvalue weighted by Gasteiger charge is -2.42. The fourth-order valence-corrected chi connectivity index (χ4v) is 8.92. The van der Waals surface area contributed by atoms with E-state index < -0.39 is 23.6 Å². The first-order valence-electron chi connectivity index (χ1n) is 19.7. The Kier molecular flexibility index (Phi) is 9.71. The maximum absolute atomic E-state index is 17.2. The number of phenolic OH excluding ortho intramolecular Hbond substituents is 1. The van der Waals surface area contributed by atoms with Gasteiger partial charge in [0.1, 0.15) is 34.7 Å². The van der Waals surface area contributed by atoms with Gasteiger partial charge in [0, 0.05) is 73.4 Å². The molecule has 16 heteroatoms. The number of piperidine rings is 1. The predicted molar refractivity (Wildman–Crippen MR) is 206 cm³/mol. The maximum Gasteiger partial charge on any atom is 0.451 e. The molecule has 2 saturated heterocycles. The molecule has 0 unspecified atom stereocenters. The Morgan fingerprint density at radius 2 is 1.83 bits per heavy atom. The minimum atomic E-state index is -4.66. The van der Waals surface area contributed by atoms with Crippen LogP contribution in [0.15, 0.2) is 36.5 Å². The summed E-state index contributed by atoms with van der Waals surface area (Å²) in [5.74, 6) is 0.0926. The van der Waals surface area contributed by atoms with E-state index in [2.05, 4.69) is 37.9 Å². The van der Waals surface area contributed by atoms with Gasteiger partial charge in [-0.15, -0.1) is 6.42 Å². The number of hydrogen-bond acceptors (Lipinski definition) is 11. The first kappa shape index (κ1) is 38.1.